The van der Waals surface area contributed by atoms with Gasteiger partial charge < -0.3 is 25.2 Å². The molecule has 0 bridgehead atoms. The molecule has 20 heavy (non-hydrogen) atoms. The molecule has 1 aromatic carbocycles. The highest BCUT2D eigenvalue weighted by Crippen LogP contribution is 2.34. The molecule has 108 valence electrons. The van der Waals surface area contributed by atoms with E-state index in [0.29, 0.717) is 31.0 Å². The van der Waals surface area contributed by atoms with E-state index >= 15 is 0 Å². The zero-order chi connectivity index (χ0) is 13.9. The minimum atomic E-state index is -0.609. The lowest BCUT2D eigenvalue weighted by molar-refractivity contribution is -0.122. The van der Waals surface area contributed by atoms with Gasteiger partial charge in [0.25, 0.3) is 0 Å². The maximum atomic E-state index is 11.1. The first kappa shape index (κ1) is 13.2. The number of hydrogen-bond donors (Lipinski definition) is 3. The fraction of sp³-hybridized carbons (Fsp3) is 0.500. The van der Waals surface area contributed by atoms with Crippen molar-refractivity contribution in [1.29, 1.82) is 0 Å². The van der Waals surface area contributed by atoms with Gasteiger partial charge in [-0.3, -0.25) is 4.79 Å². The summed E-state index contributed by atoms with van der Waals surface area (Å²) >= 11 is 0. The molecule has 6 nitrogen and oxygen atoms in total. The van der Waals surface area contributed by atoms with Crippen LogP contribution in [0.5, 0.6) is 11.5 Å². The molecule has 0 aromatic heterocycles. The SMILES string of the molecule is O=C1CCC(NCC(O)c2ccc3c(c2)OCO3)CN1. The van der Waals surface area contributed by atoms with Crippen LogP contribution >= 0.6 is 0 Å². The number of nitrogens with one attached hydrogen (secondary N) is 2. The Morgan fingerprint density at radius 1 is 1.40 bits per heavy atom. The number of piperidine rings is 1. The second-order valence-corrected chi connectivity index (χ2v) is 5.08. The van der Waals surface area contributed by atoms with Crippen LogP contribution in [-0.2, 0) is 4.79 Å². The standard InChI is InChI=1S/C14H18N2O4/c17-11(7-15-10-2-4-14(18)16-6-10)9-1-3-12-13(5-9)20-8-19-12/h1,3,5,10-11,15,17H,2,4,6-8H2,(H,16,18). The smallest absolute Gasteiger partial charge is 0.231 e. The number of benzene rings is 1. The molecule has 0 spiro atoms. The van der Waals surface area contributed by atoms with E-state index in [4.69, 9.17) is 9.47 Å². The number of ether oxygens (including phenoxy) is 2. The van der Waals surface area contributed by atoms with Crippen LogP contribution < -0.4 is 20.1 Å². The van der Waals surface area contributed by atoms with Crippen LogP contribution in [0.2, 0.25) is 0 Å². The molecule has 1 amide bonds. The molecule has 2 aliphatic rings. The average Bonchev–Trinajstić information content (AvgIpc) is 2.93. The largest absolute Gasteiger partial charge is 0.454 e. The van der Waals surface area contributed by atoms with Crippen LogP contribution in [0, 0.1) is 0 Å². The van der Waals surface area contributed by atoms with Gasteiger partial charge in [0.05, 0.1) is 6.10 Å². The molecule has 0 radical (unpaired) electrons. The van der Waals surface area contributed by atoms with Crippen LogP contribution in [0.15, 0.2) is 18.2 Å². The Labute approximate surface area is 117 Å². The van der Waals surface area contributed by atoms with Gasteiger partial charge in [0.1, 0.15) is 0 Å². The molecule has 2 unspecified atom stereocenters. The molecule has 3 N–H and O–H groups in total. The van der Waals surface area contributed by atoms with Gasteiger partial charge >= 0.3 is 0 Å². The Balaban J connectivity index is 1.54. The van der Waals surface area contributed by atoms with E-state index in [0.717, 1.165) is 12.0 Å². The lowest BCUT2D eigenvalue weighted by Crippen LogP contribution is -2.46. The Morgan fingerprint density at radius 2 is 2.25 bits per heavy atom. The molecule has 3 rings (SSSR count). The van der Waals surface area contributed by atoms with Gasteiger partial charge in [-0.1, -0.05) is 6.07 Å². The lowest BCUT2D eigenvalue weighted by Gasteiger charge is -2.24. The van der Waals surface area contributed by atoms with Gasteiger partial charge in [0.2, 0.25) is 12.7 Å². The van der Waals surface area contributed by atoms with Crippen molar-refractivity contribution in [2.75, 3.05) is 19.9 Å². The number of aliphatic hydroxyl groups excluding tert-OH is 1. The van der Waals surface area contributed by atoms with Gasteiger partial charge in [-0.2, -0.15) is 0 Å². The monoisotopic (exact) mass is 278 g/mol. The van der Waals surface area contributed by atoms with E-state index in [1.807, 2.05) is 12.1 Å². The number of rotatable bonds is 4. The molecule has 2 atom stereocenters. The van der Waals surface area contributed by atoms with Gasteiger partial charge in [-0.05, 0) is 24.1 Å². The quantitative estimate of drug-likeness (QED) is 0.739. The molecular formula is C14H18N2O4. The van der Waals surface area contributed by atoms with E-state index in [-0.39, 0.29) is 18.7 Å². The highest BCUT2D eigenvalue weighted by molar-refractivity contribution is 5.76. The van der Waals surface area contributed by atoms with E-state index < -0.39 is 6.10 Å². The maximum absolute atomic E-state index is 11.1. The van der Waals surface area contributed by atoms with Gasteiger partial charge in [0.15, 0.2) is 11.5 Å². The third-order valence-corrected chi connectivity index (χ3v) is 3.65. The summed E-state index contributed by atoms with van der Waals surface area (Å²) in [4.78, 5) is 11.1. The number of aliphatic hydroxyl groups is 1. The summed E-state index contributed by atoms with van der Waals surface area (Å²) in [5.74, 6) is 1.48. The minimum Gasteiger partial charge on any atom is -0.454 e. The predicted molar refractivity (Wildman–Crippen MR) is 71.6 cm³/mol. The Bertz CT molecular complexity index is 496. The lowest BCUT2D eigenvalue weighted by atomic mass is 10.1. The molecule has 6 heteroatoms. The molecule has 0 aliphatic carbocycles. The van der Waals surface area contributed by atoms with Gasteiger partial charge in [-0.25, -0.2) is 0 Å². The van der Waals surface area contributed by atoms with Crippen LogP contribution in [0.3, 0.4) is 0 Å². The summed E-state index contributed by atoms with van der Waals surface area (Å²) in [5.41, 5.74) is 0.793. The van der Waals surface area contributed by atoms with Crippen molar-refractivity contribution in [3.8, 4) is 11.5 Å². The predicted octanol–water partition coefficient (Wildman–Crippen LogP) is 0.317. The summed E-state index contributed by atoms with van der Waals surface area (Å²) in [7, 11) is 0. The van der Waals surface area contributed by atoms with E-state index in [1.54, 1.807) is 6.07 Å². The molecule has 1 fully saturated rings. The summed E-state index contributed by atoms with van der Waals surface area (Å²) < 4.78 is 10.5. The van der Waals surface area contributed by atoms with Crippen molar-refractivity contribution >= 4 is 5.91 Å². The zero-order valence-corrected chi connectivity index (χ0v) is 11.1. The first-order valence-electron chi connectivity index (χ1n) is 6.80. The van der Waals surface area contributed by atoms with Crippen LogP contribution in [0.4, 0.5) is 0 Å². The first-order valence-corrected chi connectivity index (χ1v) is 6.80. The number of amides is 1. The third-order valence-electron chi connectivity index (χ3n) is 3.65. The summed E-state index contributed by atoms with van der Waals surface area (Å²) in [5, 5.41) is 16.3. The second kappa shape index (κ2) is 5.68. The van der Waals surface area contributed by atoms with Gasteiger partial charge in [-0.15, -0.1) is 0 Å². The minimum absolute atomic E-state index is 0.0966. The molecule has 2 heterocycles. The first-order chi connectivity index (χ1) is 9.72. The summed E-state index contributed by atoms with van der Waals surface area (Å²) in [6, 6.07) is 5.66. The highest BCUT2D eigenvalue weighted by Gasteiger charge is 2.20. The molecular weight excluding hydrogens is 260 g/mol. The van der Waals surface area contributed by atoms with Crippen LogP contribution in [-0.4, -0.2) is 36.9 Å². The highest BCUT2D eigenvalue weighted by atomic mass is 16.7. The normalized spacial score (nSPS) is 22.4. The van der Waals surface area contributed by atoms with Crippen molar-refractivity contribution in [1.82, 2.24) is 10.6 Å². The topological polar surface area (TPSA) is 79.8 Å². The fourth-order valence-electron chi connectivity index (χ4n) is 2.42. The fourth-order valence-corrected chi connectivity index (χ4v) is 2.42. The van der Waals surface area contributed by atoms with Crippen molar-refractivity contribution in [2.24, 2.45) is 0 Å². The molecule has 2 aliphatic heterocycles. The van der Waals surface area contributed by atoms with Crippen LogP contribution in [0.1, 0.15) is 24.5 Å². The second-order valence-electron chi connectivity index (χ2n) is 5.08. The number of carbonyl (C=O) groups is 1. The van der Waals surface area contributed by atoms with E-state index in [2.05, 4.69) is 10.6 Å². The van der Waals surface area contributed by atoms with Crippen molar-refractivity contribution < 1.29 is 19.4 Å². The van der Waals surface area contributed by atoms with Crippen molar-refractivity contribution in [3.63, 3.8) is 0 Å². The van der Waals surface area contributed by atoms with Crippen molar-refractivity contribution in [2.45, 2.75) is 25.0 Å². The number of fused-ring (bicyclic) bond motifs is 1. The molecule has 1 aromatic rings. The average molecular weight is 278 g/mol. The Morgan fingerprint density at radius 3 is 3.05 bits per heavy atom. The third kappa shape index (κ3) is 2.86. The van der Waals surface area contributed by atoms with E-state index in [9.17, 15) is 9.90 Å². The Hall–Kier alpha value is -1.79. The van der Waals surface area contributed by atoms with Crippen molar-refractivity contribution in [3.05, 3.63) is 23.8 Å². The number of carbonyl (C=O) groups excluding carboxylic acids is 1. The zero-order valence-electron chi connectivity index (χ0n) is 11.1. The summed E-state index contributed by atoms with van der Waals surface area (Å²) in [6.07, 6.45) is 0.736. The molecule has 1 saturated heterocycles. The summed E-state index contributed by atoms with van der Waals surface area (Å²) in [6.45, 7) is 1.29. The van der Waals surface area contributed by atoms with Gasteiger partial charge in [0, 0.05) is 25.6 Å². The molecule has 0 saturated carbocycles. The van der Waals surface area contributed by atoms with Crippen LogP contribution in [0.25, 0.3) is 0 Å². The maximum Gasteiger partial charge on any atom is 0.231 e. The van der Waals surface area contributed by atoms with E-state index in [1.165, 1.54) is 0 Å². The Kier molecular flexibility index (Phi) is 3.75. The number of hydrogen-bond acceptors (Lipinski definition) is 5.